The van der Waals surface area contributed by atoms with Gasteiger partial charge < -0.3 is 0 Å². The standard InChI is InChI=1S/C19H18N2/c1-13-4-7-18-17(10-13)19-15(12-21(18)3)6-5-14-11-20(2)9-8-16(14)19/h4-12H,1-3H3/q+2. The van der Waals surface area contributed by atoms with Crippen molar-refractivity contribution in [2.45, 2.75) is 6.92 Å². The third-order valence-electron chi connectivity index (χ3n) is 4.26. The van der Waals surface area contributed by atoms with E-state index in [9.17, 15) is 0 Å². The molecular weight excluding hydrogens is 256 g/mol. The average Bonchev–Trinajstić information content (AvgIpc) is 2.46. The lowest BCUT2D eigenvalue weighted by molar-refractivity contribution is -0.670. The number of pyridine rings is 2. The van der Waals surface area contributed by atoms with Gasteiger partial charge in [0.1, 0.15) is 14.1 Å². The summed E-state index contributed by atoms with van der Waals surface area (Å²) >= 11 is 0. The van der Waals surface area contributed by atoms with E-state index >= 15 is 0 Å². The zero-order valence-electron chi connectivity index (χ0n) is 12.6. The Bertz CT molecular complexity index is 1020. The van der Waals surface area contributed by atoms with Crippen LogP contribution in [0.3, 0.4) is 0 Å². The summed E-state index contributed by atoms with van der Waals surface area (Å²) in [5.41, 5.74) is 2.57. The zero-order chi connectivity index (χ0) is 14.6. The van der Waals surface area contributed by atoms with Gasteiger partial charge in [-0.25, -0.2) is 9.13 Å². The number of aryl methyl sites for hydroxylation is 3. The van der Waals surface area contributed by atoms with E-state index in [1.807, 2.05) is 0 Å². The van der Waals surface area contributed by atoms with Crippen molar-refractivity contribution in [2.24, 2.45) is 14.1 Å². The van der Waals surface area contributed by atoms with Gasteiger partial charge in [-0.05, 0) is 25.1 Å². The second kappa shape index (κ2) is 4.26. The maximum Gasteiger partial charge on any atom is 0.212 e. The van der Waals surface area contributed by atoms with Crippen LogP contribution in [0.25, 0.3) is 32.4 Å². The van der Waals surface area contributed by atoms with Crippen LogP contribution >= 0.6 is 0 Å². The van der Waals surface area contributed by atoms with Crippen molar-refractivity contribution < 1.29 is 9.13 Å². The molecule has 4 rings (SSSR count). The third-order valence-corrected chi connectivity index (χ3v) is 4.26. The van der Waals surface area contributed by atoms with Crippen molar-refractivity contribution in [3.63, 3.8) is 0 Å². The number of benzene rings is 2. The molecule has 0 aliphatic carbocycles. The summed E-state index contributed by atoms with van der Waals surface area (Å²) in [5.74, 6) is 0. The number of rotatable bonds is 0. The van der Waals surface area contributed by atoms with Gasteiger partial charge in [-0.15, -0.1) is 0 Å². The van der Waals surface area contributed by atoms with Crippen LogP contribution in [-0.2, 0) is 14.1 Å². The average molecular weight is 274 g/mol. The van der Waals surface area contributed by atoms with E-state index in [1.54, 1.807) is 0 Å². The van der Waals surface area contributed by atoms with Crippen LogP contribution < -0.4 is 9.13 Å². The first-order chi connectivity index (χ1) is 10.1. The van der Waals surface area contributed by atoms with E-state index in [2.05, 4.69) is 85.1 Å². The number of fused-ring (bicyclic) bond motifs is 5. The number of hydrogen-bond acceptors (Lipinski definition) is 0. The summed E-state index contributed by atoms with van der Waals surface area (Å²) in [5, 5.41) is 6.57. The summed E-state index contributed by atoms with van der Waals surface area (Å²) in [6.45, 7) is 2.16. The summed E-state index contributed by atoms with van der Waals surface area (Å²) in [7, 11) is 4.18. The topological polar surface area (TPSA) is 7.76 Å². The molecule has 102 valence electrons. The Morgan fingerprint density at radius 3 is 2.48 bits per heavy atom. The van der Waals surface area contributed by atoms with Crippen LogP contribution in [0.1, 0.15) is 5.56 Å². The molecule has 2 nitrogen and oxygen atoms in total. The van der Waals surface area contributed by atoms with Gasteiger partial charge in [0.25, 0.3) is 0 Å². The highest BCUT2D eigenvalue weighted by Gasteiger charge is 2.14. The second-order valence-corrected chi connectivity index (χ2v) is 5.90. The SMILES string of the molecule is Cc1ccc2c(c1)c1c(ccc3c[n+](C)ccc31)c[n+]2C. The molecule has 0 atom stereocenters. The van der Waals surface area contributed by atoms with Crippen molar-refractivity contribution in [1.82, 2.24) is 0 Å². The first-order valence-corrected chi connectivity index (χ1v) is 7.24. The minimum Gasteiger partial charge on any atom is -0.207 e. The molecule has 4 aromatic rings. The van der Waals surface area contributed by atoms with E-state index in [-0.39, 0.29) is 0 Å². The van der Waals surface area contributed by atoms with E-state index < -0.39 is 0 Å². The molecule has 2 heterocycles. The normalized spacial score (nSPS) is 11.6. The number of hydrogen-bond donors (Lipinski definition) is 0. The summed E-state index contributed by atoms with van der Waals surface area (Å²) in [6, 6.07) is 13.3. The van der Waals surface area contributed by atoms with Crippen molar-refractivity contribution in [1.29, 1.82) is 0 Å². The van der Waals surface area contributed by atoms with Gasteiger partial charge in [0.05, 0.1) is 5.39 Å². The van der Waals surface area contributed by atoms with Crippen LogP contribution in [0.15, 0.2) is 55.0 Å². The largest absolute Gasteiger partial charge is 0.212 e. The van der Waals surface area contributed by atoms with E-state index in [0.717, 1.165) is 0 Å². The molecule has 0 unspecified atom stereocenters. The lowest BCUT2D eigenvalue weighted by atomic mass is 9.99. The predicted molar refractivity (Wildman–Crippen MR) is 86.0 cm³/mol. The lowest BCUT2D eigenvalue weighted by Gasteiger charge is -2.06. The van der Waals surface area contributed by atoms with Crippen LogP contribution in [-0.4, -0.2) is 0 Å². The Hall–Kier alpha value is -2.48. The number of aromatic nitrogens is 2. The van der Waals surface area contributed by atoms with Gasteiger partial charge in [-0.1, -0.05) is 11.6 Å². The first-order valence-electron chi connectivity index (χ1n) is 7.24. The zero-order valence-corrected chi connectivity index (χ0v) is 12.6. The Morgan fingerprint density at radius 1 is 0.810 bits per heavy atom. The van der Waals surface area contributed by atoms with Crippen LogP contribution in [0.4, 0.5) is 0 Å². The van der Waals surface area contributed by atoms with E-state index in [1.165, 1.54) is 38.0 Å². The van der Waals surface area contributed by atoms with Crippen LogP contribution in [0, 0.1) is 6.92 Å². The highest BCUT2D eigenvalue weighted by molar-refractivity contribution is 6.18. The predicted octanol–water partition coefficient (Wildman–Crippen LogP) is 3.10. The summed E-state index contributed by atoms with van der Waals surface area (Å²) in [4.78, 5) is 0. The second-order valence-electron chi connectivity index (χ2n) is 5.90. The molecule has 0 aliphatic rings. The van der Waals surface area contributed by atoms with Crippen LogP contribution in [0.2, 0.25) is 0 Å². The van der Waals surface area contributed by atoms with Gasteiger partial charge in [0.15, 0.2) is 18.6 Å². The Balaban J connectivity index is 2.33. The van der Waals surface area contributed by atoms with Gasteiger partial charge in [0.2, 0.25) is 5.52 Å². The molecule has 2 heteroatoms. The van der Waals surface area contributed by atoms with E-state index in [0.29, 0.717) is 0 Å². The molecule has 0 fully saturated rings. The molecule has 0 bridgehead atoms. The molecule has 0 amide bonds. The molecule has 0 saturated carbocycles. The molecule has 0 N–H and O–H groups in total. The molecular formula is C19H18N2+2. The molecule has 0 saturated heterocycles. The molecule has 2 aromatic carbocycles. The molecule has 0 aliphatic heterocycles. The van der Waals surface area contributed by atoms with Crippen molar-refractivity contribution >= 4 is 32.4 Å². The summed E-state index contributed by atoms with van der Waals surface area (Å²) < 4.78 is 4.32. The fourth-order valence-electron chi connectivity index (χ4n) is 3.24. The summed E-state index contributed by atoms with van der Waals surface area (Å²) in [6.07, 6.45) is 6.53. The third kappa shape index (κ3) is 1.79. The maximum absolute atomic E-state index is 2.30. The van der Waals surface area contributed by atoms with Crippen molar-refractivity contribution in [3.8, 4) is 0 Å². The maximum atomic E-state index is 2.30. The Kier molecular flexibility index (Phi) is 2.49. The Morgan fingerprint density at radius 2 is 1.62 bits per heavy atom. The quantitative estimate of drug-likeness (QED) is 0.344. The minimum atomic E-state index is 1.27. The Labute approximate surface area is 123 Å². The molecule has 2 aromatic heterocycles. The highest BCUT2D eigenvalue weighted by atomic mass is 14.9. The monoisotopic (exact) mass is 274 g/mol. The number of nitrogens with zero attached hydrogens (tertiary/aromatic N) is 2. The highest BCUT2D eigenvalue weighted by Crippen LogP contribution is 2.30. The fraction of sp³-hybridized carbons (Fsp3) is 0.158. The van der Waals surface area contributed by atoms with Gasteiger partial charge >= 0.3 is 0 Å². The smallest absolute Gasteiger partial charge is 0.207 e. The van der Waals surface area contributed by atoms with Gasteiger partial charge in [-0.3, -0.25) is 0 Å². The molecule has 21 heavy (non-hydrogen) atoms. The van der Waals surface area contributed by atoms with Gasteiger partial charge in [-0.2, -0.15) is 0 Å². The minimum absolute atomic E-state index is 1.27. The van der Waals surface area contributed by atoms with E-state index in [4.69, 9.17) is 0 Å². The fourth-order valence-corrected chi connectivity index (χ4v) is 3.24. The molecule has 0 spiro atoms. The molecule has 0 radical (unpaired) electrons. The lowest BCUT2D eigenvalue weighted by Crippen LogP contribution is -2.28. The van der Waals surface area contributed by atoms with Gasteiger partial charge in [0, 0.05) is 33.7 Å². The van der Waals surface area contributed by atoms with Crippen molar-refractivity contribution in [2.75, 3.05) is 0 Å². The first kappa shape index (κ1) is 12.3. The van der Waals surface area contributed by atoms with Crippen LogP contribution in [0.5, 0.6) is 0 Å². The van der Waals surface area contributed by atoms with Crippen molar-refractivity contribution in [3.05, 3.63) is 60.6 Å².